The van der Waals surface area contributed by atoms with Crippen molar-refractivity contribution in [2.45, 2.75) is 45.3 Å². The van der Waals surface area contributed by atoms with Gasteiger partial charge in [-0.15, -0.1) is 0 Å². The Hall–Kier alpha value is -1.47. The maximum absolute atomic E-state index is 12.1. The largest absolute Gasteiger partial charge is 0.443 e. The van der Waals surface area contributed by atoms with E-state index in [1.54, 1.807) is 20.8 Å². The van der Waals surface area contributed by atoms with Gasteiger partial charge in [0.2, 0.25) is 5.91 Å². The van der Waals surface area contributed by atoms with E-state index in [1.165, 1.54) is 0 Å². The van der Waals surface area contributed by atoms with E-state index in [0.29, 0.717) is 26.2 Å². The zero-order chi connectivity index (χ0) is 16.3. The van der Waals surface area contributed by atoms with Crippen LogP contribution < -0.4 is 0 Å². The molecule has 0 N–H and O–H groups in total. The molecule has 2 rings (SSSR count). The molecular weight excluding hydrogens is 290 g/mol. The lowest BCUT2D eigenvalue weighted by Crippen LogP contribution is -2.50. The number of carbonyl (C=O) groups is 3. The van der Waals surface area contributed by atoms with Crippen LogP contribution in [0.4, 0.5) is 4.79 Å². The summed E-state index contributed by atoms with van der Waals surface area (Å²) in [6.45, 7) is 6.73. The number of likely N-dealkylation sites (tertiary alicyclic amines) is 1. The third-order valence-corrected chi connectivity index (χ3v) is 3.53. The fraction of sp³-hybridized carbons (Fsp3) is 0.800. The molecule has 0 saturated carbocycles. The van der Waals surface area contributed by atoms with Gasteiger partial charge in [-0.3, -0.25) is 9.59 Å². The molecule has 2 atom stereocenters. The highest BCUT2D eigenvalue weighted by Gasteiger charge is 2.39. The number of ketones is 1. The molecular formula is C15H23NO6. The van der Waals surface area contributed by atoms with Crippen molar-refractivity contribution in [3.05, 3.63) is 0 Å². The average molecular weight is 313 g/mol. The van der Waals surface area contributed by atoms with E-state index in [2.05, 4.69) is 0 Å². The number of hydrogen-bond donors (Lipinski definition) is 0. The summed E-state index contributed by atoms with van der Waals surface area (Å²) in [6, 6.07) is 0. The first-order chi connectivity index (χ1) is 10.3. The lowest BCUT2D eigenvalue weighted by Gasteiger charge is -2.33. The molecule has 0 radical (unpaired) electrons. The Bertz CT molecular complexity index is 449. The number of imide groups is 1. The Morgan fingerprint density at radius 1 is 1.32 bits per heavy atom. The normalized spacial score (nSPS) is 27.0. The van der Waals surface area contributed by atoms with Gasteiger partial charge in [-0.25, -0.2) is 9.69 Å². The number of hydrogen-bond acceptors (Lipinski definition) is 6. The first kappa shape index (κ1) is 16.9. The third kappa shape index (κ3) is 4.51. The second-order valence-electron chi connectivity index (χ2n) is 6.63. The Morgan fingerprint density at radius 3 is 2.64 bits per heavy atom. The van der Waals surface area contributed by atoms with Crippen LogP contribution >= 0.6 is 0 Å². The maximum atomic E-state index is 12.1. The first-order valence-corrected chi connectivity index (χ1v) is 7.51. The minimum atomic E-state index is -0.698. The minimum Gasteiger partial charge on any atom is -0.443 e. The molecule has 2 fully saturated rings. The van der Waals surface area contributed by atoms with Crippen LogP contribution in [-0.4, -0.2) is 60.8 Å². The van der Waals surface area contributed by atoms with Crippen LogP contribution in [0, 0.1) is 5.92 Å². The van der Waals surface area contributed by atoms with Gasteiger partial charge in [0.15, 0.2) is 0 Å². The van der Waals surface area contributed by atoms with Gasteiger partial charge >= 0.3 is 6.09 Å². The van der Waals surface area contributed by atoms with Crippen LogP contribution in [0.15, 0.2) is 0 Å². The van der Waals surface area contributed by atoms with Crippen molar-refractivity contribution in [2.75, 3.05) is 26.4 Å². The number of piperidine rings is 1. The molecule has 22 heavy (non-hydrogen) atoms. The molecule has 2 aliphatic heterocycles. The molecule has 0 spiro atoms. The van der Waals surface area contributed by atoms with Gasteiger partial charge in [0.05, 0.1) is 32.3 Å². The number of nitrogens with zero attached hydrogens (tertiary/aromatic N) is 1. The van der Waals surface area contributed by atoms with E-state index < -0.39 is 23.5 Å². The summed E-state index contributed by atoms with van der Waals surface area (Å²) in [5, 5.41) is 0. The standard InChI is InChI=1S/C15H23NO6/c1-15(2,3)22-14(19)16-8-10(12(17)7-13(16)18)6-11-9-20-4-5-21-11/h10-11H,4-9H2,1-3H3/t10?,11-/m1/s1. The van der Waals surface area contributed by atoms with Gasteiger partial charge in [-0.2, -0.15) is 0 Å². The van der Waals surface area contributed by atoms with Crippen molar-refractivity contribution in [2.24, 2.45) is 5.92 Å². The lowest BCUT2D eigenvalue weighted by molar-refractivity contribution is -0.144. The molecule has 2 heterocycles. The van der Waals surface area contributed by atoms with Crippen LogP contribution in [0.2, 0.25) is 0 Å². The predicted octanol–water partition coefficient (Wildman–Crippen LogP) is 1.14. The van der Waals surface area contributed by atoms with Crippen LogP contribution in [0.3, 0.4) is 0 Å². The molecule has 7 heteroatoms. The van der Waals surface area contributed by atoms with Crippen molar-refractivity contribution in [3.8, 4) is 0 Å². The summed E-state index contributed by atoms with van der Waals surface area (Å²) in [5.74, 6) is -1.08. The van der Waals surface area contributed by atoms with E-state index in [-0.39, 0.29) is 24.9 Å². The van der Waals surface area contributed by atoms with Crippen LogP contribution in [0.5, 0.6) is 0 Å². The molecule has 2 aliphatic rings. The SMILES string of the molecule is CC(C)(C)OC(=O)N1CC(C[C@@H]2COCCO2)C(=O)CC1=O. The third-order valence-electron chi connectivity index (χ3n) is 3.53. The molecule has 0 aromatic heterocycles. The number of Topliss-reactive ketones (excluding diaryl/α,β-unsaturated/α-hetero) is 1. The van der Waals surface area contributed by atoms with Gasteiger partial charge in [0.25, 0.3) is 0 Å². The zero-order valence-electron chi connectivity index (χ0n) is 13.3. The molecule has 1 unspecified atom stereocenters. The minimum absolute atomic E-state index is 0.0481. The summed E-state index contributed by atoms with van der Waals surface area (Å²) in [4.78, 5) is 37.1. The van der Waals surface area contributed by atoms with E-state index >= 15 is 0 Å². The monoisotopic (exact) mass is 313 g/mol. The van der Waals surface area contributed by atoms with Crippen molar-refractivity contribution in [3.63, 3.8) is 0 Å². The van der Waals surface area contributed by atoms with Gasteiger partial charge in [0.1, 0.15) is 11.4 Å². The molecule has 2 saturated heterocycles. The topological polar surface area (TPSA) is 82.1 Å². The highest BCUT2D eigenvalue weighted by atomic mass is 16.6. The highest BCUT2D eigenvalue weighted by Crippen LogP contribution is 2.23. The lowest BCUT2D eigenvalue weighted by atomic mass is 9.90. The summed E-state index contributed by atoms with van der Waals surface area (Å²) in [5.41, 5.74) is -0.686. The Morgan fingerprint density at radius 2 is 2.05 bits per heavy atom. The summed E-state index contributed by atoms with van der Waals surface area (Å²) in [6.07, 6.45) is -0.685. The van der Waals surface area contributed by atoms with Crippen LogP contribution in [-0.2, 0) is 23.8 Å². The summed E-state index contributed by atoms with van der Waals surface area (Å²) >= 11 is 0. The molecule has 0 bridgehead atoms. The Balaban J connectivity index is 1.98. The van der Waals surface area contributed by atoms with Crippen LogP contribution in [0.25, 0.3) is 0 Å². The smallest absolute Gasteiger partial charge is 0.417 e. The molecule has 0 aliphatic carbocycles. The summed E-state index contributed by atoms with van der Waals surface area (Å²) < 4.78 is 16.1. The fourth-order valence-corrected chi connectivity index (χ4v) is 2.50. The van der Waals surface area contributed by atoms with E-state index in [4.69, 9.17) is 14.2 Å². The number of rotatable bonds is 2. The predicted molar refractivity (Wildman–Crippen MR) is 76.2 cm³/mol. The van der Waals surface area contributed by atoms with Crippen molar-refractivity contribution in [1.29, 1.82) is 0 Å². The molecule has 124 valence electrons. The molecule has 0 aromatic rings. The maximum Gasteiger partial charge on any atom is 0.417 e. The van der Waals surface area contributed by atoms with Crippen molar-refractivity contribution in [1.82, 2.24) is 4.90 Å². The number of ether oxygens (including phenoxy) is 3. The fourth-order valence-electron chi connectivity index (χ4n) is 2.50. The number of carbonyl (C=O) groups excluding carboxylic acids is 3. The first-order valence-electron chi connectivity index (χ1n) is 7.51. The second-order valence-corrected chi connectivity index (χ2v) is 6.63. The van der Waals surface area contributed by atoms with Crippen molar-refractivity contribution < 1.29 is 28.6 Å². The number of amides is 2. The highest BCUT2D eigenvalue weighted by molar-refractivity contribution is 6.06. The van der Waals surface area contributed by atoms with Gasteiger partial charge in [-0.05, 0) is 27.2 Å². The Labute approximate surface area is 129 Å². The van der Waals surface area contributed by atoms with E-state index in [9.17, 15) is 14.4 Å². The zero-order valence-corrected chi connectivity index (χ0v) is 13.3. The molecule has 7 nitrogen and oxygen atoms in total. The van der Waals surface area contributed by atoms with E-state index in [0.717, 1.165) is 4.90 Å². The molecule has 0 aromatic carbocycles. The van der Waals surface area contributed by atoms with Gasteiger partial charge in [0, 0.05) is 12.5 Å². The molecule has 2 amide bonds. The van der Waals surface area contributed by atoms with Gasteiger partial charge < -0.3 is 14.2 Å². The van der Waals surface area contributed by atoms with Crippen LogP contribution in [0.1, 0.15) is 33.6 Å². The Kier molecular flexibility index (Phi) is 5.18. The second kappa shape index (κ2) is 6.75. The van der Waals surface area contributed by atoms with Gasteiger partial charge in [-0.1, -0.05) is 0 Å². The quantitative estimate of drug-likeness (QED) is 0.711. The van der Waals surface area contributed by atoms with Crippen molar-refractivity contribution >= 4 is 17.8 Å². The summed E-state index contributed by atoms with van der Waals surface area (Å²) in [7, 11) is 0. The average Bonchev–Trinajstić information content (AvgIpc) is 2.41. The van der Waals surface area contributed by atoms with E-state index in [1.807, 2.05) is 0 Å².